The van der Waals surface area contributed by atoms with Crippen molar-refractivity contribution in [1.82, 2.24) is 5.32 Å². The molecule has 0 aromatic heterocycles. The minimum Gasteiger partial charge on any atom is -0.385 e. The number of carbonyl (C=O) groups excluding carboxylic acids is 1. The Labute approximate surface area is 109 Å². The van der Waals surface area contributed by atoms with E-state index in [-0.39, 0.29) is 11.9 Å². The van der Waals surface area contributed by atoms with Gasteiger partial charge in [-0.1, -0.05) is 30.3 Å². The Bertz CT molecular complexity index is 354. The highest BCUT2D eigenvalue weighted by Crippen LogP contribution is 2.02. The van der Waals surface area contributed by atoms with Crippen LogP contribution in [0.5, 0.6) is 0 Å². The maximum Gasteiger partial charge on any atom is 0.237 e. The highest BCUT2D eigenvalue weighted by molar-refractivity contribution is 5.82. The molecule has 0 saturated carbocycles. The molecule has 100 valence electrons. The van der Waals surface area contributed by atoms with E-state index in [1.54, 1.807) is 7.11 Å². The van der Waals surface area contributed by atoms with Gasteiger partial charge in [-0.25, -0.2) is 0 Å². The molecule has 4 heteroatoms. The van der Waals surface area contributed by atoms with E-state index in [0.29, 0.717) is 13.0 Å². The van der Waals surface area contributed by atoms with E-state index in [9.17, 15) is 4.79 Å². The molecular weight excluding hydrogens is 228 g/mol. The second-order valence-corrected chi connectivity index (χ2v) is 4.49. The number of ether oxygens (including phenoxy) is 1. The van der Waals surface area contributed by atoms with Crippen LogP contribution in [0.3, 0.4) is 0 Å². The summed E-state index contributed by atoms with van der Waals surface area (Å²) in [5, 5.41) is 2.89. The zero-order chi connectivity index (χ0) is 13.4. The number of nitrogens with one attached hydrogen (secondary N) is 1. The smallest absolute Gasteiger partial charge is 0.237 e. The monoisotopic (exact) mass is 250 g/mol. The van der Waals surface area contributed by atoms with Crippen LogP contribution in [0.15, 0.2) is 30.3 Å². The zero-order valence-corrected chi connectivity index (χ0v) is 11.1. The van der Waals surface area contributed by atoms with Gasteiger partial charge >= 0.3 is 0 Å². The number of carbonyl (C=O) groups is 1. The summed E-state index contributed by atoms with van der Waals surface area (Å²) in [5.74, 6) is -0.109. The first-order valence-corrected chi connectivity index (χ1v) is 6.22. The number of rotatable bonds is 7. The van der Waals surface area contributed by atoms with E-state index in [0.717, 1.165) is 12.0 Å². The first-order chi connectivity index (χ1) is 8.63. The molecule has 3 N–H and O–H groups in total. The lowest BCUT2D eigenvalue weighted by atomic mass is 10.1. The van der Waals surface area contributed by atoms with Gasteiger partial charge in [-0.2, -0.15) is 0 Å². The second kappa shape index (κ2) is 7.84. The average molecular weight is 250 g/mol. The SMILES string of the molecule is COCCC(C)NC(=O)C(N)Cc1ccccc1. The van der Waals surface area contributed by atoms with Crippen LogP contribution in [0.4, 0.5) is 0 Å². The van der Waals surface area contributed by atoms with Crippen LogP contribution >= 0.6 is 0 Å². The molecule has 1 amide bonds. The Morgan fingerprint density at radius 3 is 2.67 bits per heavy atom. The molecule has 0 heterocycles. The second-order valence-electron chi connectivity index (χ2n) is 4.49. The summed E-state index contributed by atoms with van der Waals surface area (Å²) in [6.45, 7) is 2.58. The van der Waals surface area contributed by atoms with Crippen LogP contribution in [0, 0.1) is 0 Å². The summed E-state index contributed by atoms with van der Waals surface area (Å²) >= 11 is 0. The van der Waals surface area contributed by atoms with Crippen molar-refractivity contribution in [2.45, 2.75) is 31.8 Å². The van der Waals surface area contributed by atoms with Crippen molar-refractivity contribution in [2.24, 2.45) is 5.73 Å². The van der Waals surface area contributed by atoms with Crippen molar-refractivity contribution in [3.63, 3.8) is 0 Å². The summed E-state index contributed by atoms with van der Waals surface area (Å²) in [5.41, 5.74) is 6.96. The van der Waals surface area contributed by atoms with Gasteiger partial charge in [-0.3, -0.25) is 4.79 Å². The van der Waals surface area contributed by atoms with E-state index in [1.165, 1.54) is 0 Å². The molecule has 0 aliphatic rings. The Morgan fingerprint density at radius 1 is 1.39 bits per heavy atom. The molecule has 0 aliphatic heterocycles. The maximum absolute atomic E-state index is 11.8. The molecule has 1 aromatic carbocycles. The molecule has 0 radical (unpaired) electrons. The number of benzene rings is 1. The first kappa shape index (κ1) is 14.7. The van der Waals surface area contributed by atoms with E-state index in [2.05, 4.69) is 5.32 Å². The maximum atomic E-state index is 11.8. The predicted octanol–water partition coefficient (Wildman–Crippen LogP) is 1.10. The summed E-state index contributed by atoms with van der Waals surface area (Å²) in [4.78, 5) is 11.8. The minimum atomic E-state index is -0.502. The third kappa shape index (κ3) is 5.29. The van der Waals surface area contributed by atoms with Crippen molar-refractivity contribution in [2.75, 3.05) is 13.7 Å². The molecule has 1 rings (SSSR count). The van der Waals surface area contributed by atoms with E-state index < -0.39 is 6.04 Å². The van der Waals surface area contributed by atoms with Gasteiger partial charge < -0.3 is 15.8 Å². The quantitative estimate of drug-likeness (QED) is 0.761. The van der Waals surface area contributed by atoms with Gasteiger partial charge in [0.25, 0.3) is 0 Å². The fourth-order valence-electron chi connectivity index (χ4n) is 1.68. The third-order valence-electron chi connectivity index (χ3n) is 2.78. The molecular formula is C14H22N2O2. The zero-order valence-electron chi connectivity index (χ0n) is 11.1. The van der Waals surface area contributed by atoms with Crippen molar-refractivity contribution in [3.8, 4) is 0 Å². The van der Waals surface area contributed by atoms with Crippen LogP contribution in [0.25, 0.3) is 0 Å². The normalized spacial score (nSPS) is 13.9. The van der Waals surface area contributed by atoms with Crippen LogP contribution in [-0.4, -0.2) is 31.7 Å². The highest BCUT2D eigenvalue weighted by Gasteiger charge is 2.15. The van der Waals surface area contributed by atoms with Crippen molar-refractivity contribution in [3.05, 3.63) is 35.9 Å². The van der Waals surface area contributed by atoms with Crippen molar-refractivity contribution >= 4 is 5.91 Å². The molecule has 0 spiro atoms. The number of hydrogen-bond donors (Lipinski definition) is 2. The van der Waals surface area contributed by atoms with Gasteiger partial charge in [-0.15, -0.1) is 0 Å². The van der Waals surface area contributed by atoms with Crippen LogP contribution < -0.4 is 11.1 Å². The van der Waals surface area contributed by atoms with Gasteiger partial charge in [0.05, 0.1) is 6.04 Å². The molecule has 1 aromatic rings. The van der Waals surface area contributed by atoms with Gasteiger partial charge in [0, 0.05) is 19.8 Å². The van der Waals surface area contributed by atoms with E-state index >= 15 is 0 Å². The van der Waals surface area contributed by atoms with Gasteiger partial charge in [0.1, 0.15) is 0 Å². The van der Waals surface area contributed by atoms with Crippen molar-refractivity contribution in [1.29, 1.82) is 0 Å². The topological polar surface area (TPSA) is 64.3 Å². The number of nitrogens with two attached hydrogens (primary N) is 1. The van der Waals surface area contributed by atoms with Crippen molar-refractivity contribution < 1.29 is 9.53 Å². The summed E-state index contributed by atoms with van der Waals surface area (Å²) in [6.07, 6.45) is 1.35. The Balaban J connectivity index is 2.37. The highest BCUT2D eigenvalue weighted by atomic mass is 16.5. The number of hydrogen-bond acceptors (Lipinski definition) is 3. The standard InChI is InChI=1S/C14H22N2O2/c1-11(8-9-18-2)16-14(17)13(15)10-12-6-4-3-5-7-12/h3-7,11,13H,8-10,15H2,1-2H3,(H,16,17). The molecule has 0 bridgehead atoms. The van der Waals surface area contributed by atoms with Crippen LogP contribution in [0.1, 0.15) is 18.9 Å². The number of methoxy groups -OCH3 is 1. The number of amides is 1. The van der Waals surface area contributed by atoms with Gasteiger partial charge in [-0.05, 0) is 25.3 Å². The van der Waals surface area contributed by atoms with Gasteiger partial charge in [0.15, 0.2) is 0 Å². The first-order valence-electron chi connectivity index (χ1n) is 6.22. The average Bonchev–Trinajstić information content (AvgIpc) is 2.37. The Hall–Kier alpha value is -1.39. The lowest BCUT2D eigenvalue weighted by Gasteiger charge is -2.17. The van der Waals surface area contributed by atoms with Gasteiger partial charge in [0.2, 0.25) is 5.91 Å². The van der Waals surface area contributed by atoms with E-state index in [4.69, 9.17) is 10.5 Å². The largest absolute Gasteiger partial charge is 0.385 e. The van der Waals surface area contributed by atoms with Crippen LogP contribution in [0.2, 0.25) is 0 Å². The molecule has 18 heavy (non-hydrogen) atoms. The Kier molecular flexibility index (Phi) is 6.39. The summed E-state index contributed by atoms with van der Waals surface area (Å²) in [6, 6.07) is 9.37. The summed E-state index contributed by atoms with van der Waals surface area (Å²) in [7, 11) is 1.65. The summed E-state index contributed by atoms with van der Waals surface area (Å²) < 4.78 is 4.97. The molecule has 2 unspecified atom stereocenters. The fraction of sp³-hybridized carbons (Fsp3) is 0.500. The third-order valence-corrected chi connectivity index (χ3v) is 2.78. The molecule has 2 atom stereocenters. The Morgan fingerprint density at radius 2 is 2.06 bits per heavy atom. The lowest BCUT2D eigenvalue weighted by Crippen LogP contribution is -2.45. The van der Waals surface area contributed by atoms with E-state index in [1.807, 2.05) is 37.3 Å². The molecule has 0 fully saturated rings. The molecule has 0 saturated heterocycles. The lowest BCUT2D eigenvalue weighted by molar-refractivity contribution is -0.123. The fourth-order valence-corrected chi connectivity index (χ4v) is 1.68. The molecule has 4 nitrogen and oxygen atoms in total. The molecule has 0 aliphatic carbocycles. The van der Waals surface area contributed by atoms with Crippen LogP contribution in [-0.2, 0) is 16.0 Å². The minimum absolute atomic E-state index is 0.0827. The predicted molar refractivity (Wildman–Crippen MR) is 72.2 cm³/mol.